The lowest BCUT2D eigenvalue weighted by molar-refractivity contribution is -0.136. The molecule has 0 aliphatic rings. The minimum Gasteiger partial charge on any atom is -0.463 e. The van der Waals surface area contributed by atoms with Crippen LogP contribution in [0.3, 0.4) is 0 Å². The van der Waals surface area contributed by atoms with Gasteiger partial charge in [0.15, 0.2) is 11.6 Å². The van der Waals surface area contributed by atoms with Crippen LogP contribution >= 0.6 is 23.2 Å². The summed E-state index contributed by atoms with van der Waals surface area (Å²) in [6, 6.07) is 9.81. The average Bonchev–Trinajstić information content (AvgIpc) is 3.38. The van der Waals surface area contributed by atoms with Gasteiger partial charge in [0, 0.05) is 17.1 Å². The molecule has 2 aromatic carbocycles. The molecule has 194 valence electrons. The molecule has 0 fully saturated rings. The van der Waals surface area contributed by atoms with Gasteiger partial charge >= 0.3 is 17.8 Å². The predicted octanol–water partition coefficient (Wildman–Crippen LogP) is 4.53. The third-order valence-electron chi connectivity index (χ3n) is 5.10. The Hall–Kier alpha value is -3.71. The fourth-order valence-electron chi connectivity index (χ4n) is 3.42. The second kappa shape index (κ2) is 10.3. The summed E-state index contributed by atoms with van der Waals surface area (Å²) in [5.74, 6) is -2.44. The number of carbonyl (C=O) groups excluding carboxylic acids is 1. The number of carbonyl (C=O) groups is 1. The number of para-hydroxylation sites is 1. The van der Waals surface area contributed by atoms with Crippen LogP contribution in [-0.2, 0) is 17.8 Å². The van der Waals surface area contributed by atoms with Crippen molar-refractivity contribution in [2.75, 3.05) is 7.11 Å². The van der Waals surface area contributed by atoms with Crippen LogP contribution in [0.5, 0.6) is 0 Å². The molecule has 37 heavy (non-hydrogen) atoms. The molecule has 4 rings (SSSR count). The number of rotatable bonds is 7. The Morgan fingerprint density at radius 2 is 1.78 bits per heavy atom. The average molecular weight is 559 g/mol. The van der Waals surface area contributed by atoms with Gasteiger partial charge in [0.05, 0.1) is 18.6 Å². The Morgan fingerprint density at radius 1 is 1.08 bits per heavy atom. The summed E-state index contributed by atoms with van der Waals surface area (Å²) in [5.41, 5.74) is -0.823. The minimum absolute atomic E-state index is 0.0457. The predicted molar refractivity (Wildman–Crippen MR) is 124 cm³/mol. The molecule has 0 spiro atoms. The van der Waals surface area contributed by atoms with Gasteiger partial charge in [-0.3, -0.25) is 4.57 Å². The number of hydrogen-bond donors (Lipinski definition) is 0. The SMILES string of the molecule is COC(=O)c1nc(Cn2nc(-c3ccc(Cl)cc3)n(CCC(F)(F)F)c2=O)nn1-c1c(F)cccc1Cl. The van der Waals surface area contributed by atoms with Crippen LogP contribution in [0.15, 0.2) is 47.3 Å². The van der Waals surface area contributed by atoms with Crippen molar-refractivity contribution in [3.05, 3.63) is 80.5 Å². The summed E-state index contributed by atoms with van der Waals surface area (Å²) in [6.45, 7) is -1.15. The zero-order chi connectivity index (χ0) is 26.9. The zero-order valence-corrected chi connectivity index (χ0v) is 20.4. The molecule has 0 amide bonds. The molecule has 0 bridgehead atoms. The van der Waals surface area contributed by atoms with E-state index in [2.05, 4.69) is 19.9 Å². The Morgan fingerprint density at radius 3 is 2.41 bits per heavy atom. The maximum absolute atomic E-state index is 14.5. The number of benzene rings is 2. The third kappa shape index (κ3) is 5.67. The number of hydrogen-bond acceptors (Lipinski definition) is 6. The van der Waals surface area contributed by atoms with Crippen LogP contribution in [0, 0.1) is 5.82 Å². The topological polar surface area (TPSA) is 96.8 Å². The molecule has 0 saturated heterocycles. The summed E-state index contributed by atoms with van der Waals surface area (Å²) in [7, 11) is 1.08. The van der Waals surface area contributed by atoms with Crippen molar-refractivity contribution in [3.63, 3.8) is 0 Å². The smallest absolute Gasteiger partial charge is 0.390 e. The Balaban J connectivity index is 1.79. The molecular formula is C22H16Cl2F4N6O3. The van der Waals surface area contributed by atoms with Crippen LogP contribution in [0.4, 0.5) is 17.6 Å². The van der Waals surface area contributed by atoms with Crippen LogP contribution in [-0.4, -0.2) is 48.4 Å². The maximum atomic E-state index is 14.5. The van der Waals surface area contributed by atoms with Gasteiger partial charge in [-0.05, 0) is 36.4 Å². The van der Waals surface area contributed by atoms with Gasteiger partial charge in [-0.2, -0.15) is 13.2 Å². The zero-order valence-electron chi connectivity index (χ0n) is 18.8. The highest BCUT2D eigenvalue weighted by molar-refractivity contribution is 6.32. The van der Waals surface area contributed by atoms with E-state index in [1.807, 2.05) is 0 Å². The summed E-state index contributed by atoms with van der Waals surface area (Å²) in [4.78, 5) is 29.4. The second-order valence-corrected chi connectivity index (χ2v) is 8.46. The largest absolute Gasteiger partial charge is 0.463 e. The quantitative estimate of drug-likeness (QED) is 0.244. The van der Waals surface area contributed by atoms with E-state index in [-0.39, 0.29) is 22.4 Å². The van der Waals surface area contributed by atoms with Gasteiger partial charge in [0.25, 0.3) is 0 Å². The van der Waals surface area contributed by atoms with Crippen molar-refractivity contribution >= 4 is 29.2 Å². The lowest BCUT2D eigenvalue weighted by atomic mass is 10.2. The van der Waals surface area contributed by atoms with Crippen LogP contribution in [0.1, 0.15) is 22.9 Å². The van der Waals surface area contributed by atoms with E-state index in [0.29, 0.717) is 10.6 Å². The second-order valence-electron chi connectivity index (χ2n) is 7.61. The van der Waals surface area contributed by atoms with E-state index in [0.717, 1.165) is 27.1 Å². The molecule has 0 aliphatic heterocycles. The highest BCUT2D eigenvalue weighted by Crippen LogP contribution is 2.25. The van der Waals surface area contributed by atoms with Crippen LogP contribution in [0.25, 0.3) is 17.1 Å². The first-order chi connectivity index (χ1) is 17.5. The van der Waals surface area contributed by atoms with E-state index in [9.17, 15) is 27.2 Å². The number of aromatic nitrogens is 6. The molecule has 9 nitrogen and oxygen atoms in total. The molecule has 0 atom stereocenters. The van der Waals surface area contributed by atoms with Crippen molar-refractivity contribution in [2.45, 2.75) is 25.7 Å². The monoisotopic (exact) mass is 558 g/mol. The number of alkyl halides is 3. The number of esters is 1. The number of halogens is 6. The Kier molecular flexibility index (Phi) is 7.37. The Bertz CT molecular complexity index is 1490. The molecule has 0 unspecified atom stereocenters. The molecular weight excluding hydrogens is 543 g/mol. The molecule has 2 aromatic heterocycles. The number of methoxy groups -OCH3 is 1. The van der Waals surface area contributed by atoms with Crippen LogP contribution in [0.2, 0.25) is 10.0 Å². The van der Waals surface area contributed by atoms with Crippen molar-refractivity contribution in [1.29, 1.82) is 0 Å². The standard InChI is InChI=1S/C22H16Cl2F4N6O3/c1-37-20(35)19-29-16(30-34(19)17-14(24)3-2-4-15(17)25)11-33-21(36)32(10-9-22(26,27)28)18(31-33)12-5-7-13(23)8-6-12/h2-8H,9-11H2,1H3. The number of nitrogens with zero attached hydrogens (tertiary/aromatic N) is 6. The molecule has 2 heterocycles. The summed E-state index contributed by atoms with van der Waals surface area (Å²) < 4.78 is 60.5. The Labute approximate surface area is 215 Å². The van der Waals surface area contributed by atoms with E-state index in [1.165, 1.54) is 36.4 Å². The van der Waals surface area contributed by atoms with Gasteiger partial charge in [-0.15, -0.1) is 10.2 Å². The van der Waals surface area contributed by atoms with E-state index < -0.39 is 49.0 Å². The van der Waals surface area contributed by atoms with Crippen molar-refractivity contribution in [3.8, 4) is 17.1 Å². The lowest BCUT2D eigenvalue weighted by Gasteiger charge is -2.08. The normalized spacial score (nSPS) is 11.6. The first kappa shape index (κ1) is 26.4. The van der Waals surface area contributed by atoms with E-state index in [4.69, 9.17) is 23.2 Å². The summed E-state index contributed by atoms with van der Waals surface area (Å²) in [6.07, 6.45) is -5.79. The summed E-state index contributed by atoms with van der Waals surface area (Å²) >= 11 is 12.0. The van der Waals surface area contributed by atoms with Gasteiger partial charge in [0.1, 0.15) is 18.0 Å². The highest BCUT2D eigenvalue weighted by Gasteiger charge is 2.29. The highest BCUT2D eigenvalue weighted by atomic mass is 35.5. The van der Waals surface area contributed by atoms with Gasteiger partial charge < -0.3 is 4.74 Å². The first-order valence-electron chi connectivity index (χ1n) is 10.5. The molecule has 0 saturated carbocycles. The summed E-state index contributed by atoms with van der Waals surface area (Å²) in [5, 5.41) is 8.55. The molecule has 0 aliphatic carbocycles. The van der Waals surface area contributed by atoms with Gasteiger partial charge in [-0.25, -0.2) is 28.3 Å². The first-order valence-corrected chi connectivity index (χ1v) is 11.2. The van der Waals surface area contributed by atoms with Crippen molar-refractivity contribution in [2.24, 2.45) is 0 Å². The van der Waals surface area contributed by atoms with E-state index in [1.54, 1.807) is 0 Å². The lowest BCUT2D eigenvalue weighted by Crippen LogP contribution is -2.27. The molecule has 15 heteroatoms. The molecule has 0 N–H and O–H groups in total. The van der Waals surface area contributed by atoms with Crippen molar-refractivity contribution in [1.82, 2.24) is 29.1 Å². The fourth-order valence-corrected chi connectivity index (χ4v) is 3.79. The molecule has 4 aromatic rings. The van der Waals surface area contributed by atoms with Gasteiger partial charge in [-0.1, -0.05) is 29.3 Å². The van der Waals surface area contributed by atoms with Crippen LogP contribution < -0.4 is 5.69 Å². The maximum Gasteiger partial charge on any atom is 0.390 e. The van der Waals surface area contributed by atoms with E-state index >= 15 is 0 Å². The third-order valence-corrected chi connectivity index (χ3v) is 5.66. The van der Waals surface area contributed by atoms with Gasteiger partial charge in [0.2, 0.25) is 5.82 Å². The van der Waals surface area contributed by atoms with Crippen molar-refractivity contribution < 1.29 is 27.1 Å². The fraction of sp³-hybridized carbons (Fsp3) is 0.227. The number of ether oxygens (including phenoxy) is 1. The molecule has 0 radical (unpaired) electrons. The minimum atomic E-state index is -4.52.